The number of amides is 2. The van der Waals surface area contributed by atoms with Crippen LogP contribution in [0, 0.1) is 29.6 Å². The average molecular weight is 349 g/mol. The molecule has 0 N–H and O–H groups in total. The van der Waals surface area contributed by atoms with Gasteiger partial charge < -0.3 is 14.5 Å². The van der Waals surface area contributed by atoms with E-state index >= 15 is 0 Å². The minimum absolute atomic E-state index is 0.148. The summed E-state index contributed by atoms with van der Waals surface area (Å²) in [5.74, 6) is 3.01. The van der Waals surface area contributed by atoms with E-state index in [1.165, 1.54) is 6.42 Å². The van der Waals surface area contributed by atoms with Gasteiger partial charge in [0.25, 0.3) is 0 Å². The van der Waals surface area contributed by atoms with Gasteiger partial charge in [0.2, 0.25) is 5.91 Å². The summed E-state index contributed by atoms with van der Waals surface area (Å²) in [4.78, 5) is 31.0. The van der Waals surface area contributed by atoms with Crippen LogP contribution in [0.3, 0.4) is 0 Å². The molecule has 3 aliphatic heterocycles. The van der Waals surface area contributed by atoms with Crippen molar-refractivity contribution in [1.29, 1.82) is 0 Å². The second-order valence-electron chi connectivity index (χ2n) is 8.17. The predicted molar refractivity (Wildman–Crippen MR) is 94.0 cm³/mol. The Kier molecular flexibility index (Phi) is 4.42. The van der Waals surface area contributed by atoms with Gasteiger partial charge in [-0.25, -0.2) is 4.79 Å². The average Bonchev–Trinajstić information content (AvgIpc) is 3.11. The van der Waals surface area contributed by atoms with Crippen LogP contribution < -0.4 is 0 Å². The minimum atomic E-state index is -0.148. The molecule has 6 nitrogen and oxygen atoms in total. The lowest BCUT2D eigenvalue weighted by Gasteiger charge is -2.56. The van der Waals surface area contributed by atoms with Crippen LogP contribution in [0.1, 0.15) is 27.2 Å². The first-order chi connectivity index (χ1) is 12.1. The largest absolute Gasteiger partial charge is 0.450 e. The van der Waals surface area contributed by atoms with Crippen molar-refractivity contribution in [3.8, 4) is 0 Å². The number of likely N-dealkylation sites (tertiary alicyclic amines) is 1. The highest BCUT2D eigenvalue weighted by Crippen LogP contribution is 2.56. The molecule has 3 unspecified atom stereocenters. The molecule has 0 spiro atoms. The molecule has 5 aliphatic rings. The van der Waals surface area contributed by atoms with Gasteiger partial charge in [-0.15, -0.1) is 0 Å². The highest BCUT2D eigenvalue weighted by molar-refractivity contribution is 5.82. The van der Waals surface area contributed by atoms with Crippen molar-refractivity contribution < 1.29 is 14.3 Å². The number of ether oxygens (including phenoxy) is 1. The van der Waals surface area contributed by atoms with Crippen molar-refractivity contribution in [3.05, 3.63) is 0 Å². The van der Waals surface area contributed by atoms with Crippen molar-refractivity contribution in [1.82, 2.24) is 14.7 Å². The van der Waals surface area contributed by atoms with Crippen molar-refractivity contribution >= 4 is 12.0 Å². The number of hydrogen-bond acceptors (Lipinski definition) is 4. The second kappa shape index (κ2) is 6.45. The SMILES string of the molecule is CCOC(=O)N1CC2CC(C1)C2N1C[C@@H]2C(C(=O)N(CC)CC)[C@@H]2C1. The highest BCUT2D eigenvalue weighted by Gasteiger charge is 2.63. The van der Waals surface area contributed by atoms with Crippen LogP contribution >= 0.6 is 0 Å². The Morgan fingerprint density at radius 2 is 1.60 bits per heavy atom. The number of rotatable bonds is 5. The van der Waals surface area contributed by atoms with Crippen LogP contribution in [-0.2, 0) is 9.53 Å². The molecule has 5 fully saturated rings. The number of carbonyl (C=O) groups is 2. The van der Waals surface area contributed by atoms with Gasteiger partial charge in [-0.1, -0.05) is 0 Å². The van der Waals surface area contributed by atoms with E-state index in [2.05, 4.69) is 18.7 Å². The molecule has 2 amide bonds. The Hall–Kier alpha value is -1.30. The summed E-state index contributed by atoms with van der Waals surface area (Å²) in [5.41, 5.74) is 0. The summed E-state index contributed by atoms with van der Waals surface area (Å²) in [6, 6.07) is 0.627. The summed E-state index contributed by atoms with van der Waals surface area (Å²) in [6.45, 7) is 11.9. The third kappa shape index (κ3) is 2.73. The van der Waals surface area contributed by atoms with Crippen molar-refractivity contribution in [3.63, 3.8) is 0 Å². The molecular weight excluding hydrogens is 318 g/mol. The van der Waals surface area contributed by atoms with Gasteiger partial charge in [0.05, 0.1) is 6.61 Å². The van der Waals surface area contributed by atoms with Crippen LogP contribution in [-0.4, -0.2) is 78.6 Å². The minimum Gasteiger partial charge on any atom is -0.450 e. The van der Waals surface area contributed by atoms with Crippen molar-refractivity contribution in [2.24, 2.45) is 29.6 Å². The summed E-state index contributed by atoms with van der Waals surface area (Å²) >= 11 is 0. The van der Waals surface area contributed by atoms with E-state index in [0.717, 1.165) is 39.3 Å². The van der Waals surface area contributed by atoms with Gasteiger partial charge in [0.15, 0.2) is 0 Å². The van der Waals surface area contributed by atoms with Crippen LogP contribution in [0.25, 0.3) is 0 Å². The Morgan fingerprint density at radius 1 is 1.00 bits per heavy atom. The zero-order valence-electron chi connectivity index (χ0n) is 15.7. The highest BCUT2D eigenvalue weighted by atomic mass is 16.6. The molecule has 0 radical (unpaired) electrons. The van der Waals surface area contributed by atoms with Gasteiger partial charge in [-0.2, -0.15) is 0 Å². The first kappa shape index (κ1) is 17.1. The quantitative estimate of drug-likeness (QED) is 0.755. The summed E-state index contributed by atoms with van der Waals surface area (Å²) in [5, 5.41) is 0. The maximum absolute atomic E-state index is 12.6. The Morgan fingerprint density at radius 3 is 2.12 bits per heavy atom. The number of fused-ring (bicyclic) bond motifs is 3. The molecule has 25 heavy (non-hydrogen) atoms. The number of hydrogen-bond donors (Lipinski definition) is 0. The lowest BCUT2D eigenvalue weighted by atomic mass is 9.65. The Bertz CT molecular complexity index is 526. The van der Waals surface area contributed by atoms with Crippen LogP contribution in [0.2, 0.25) is 0 Å². The third-order valence-corrected chi connectivity index (χ3v) is 7.01. The molecule has 2 aliphatic carbocycles. The molecule has 3 heterocycles. The molecule has 5 rings (SSSR count). The topological polar surface area (TPSA) is 53.1 Å². The maximum atomic E-state index is 12.6. The van der Waals surface area contributed by atoms with E-state index < -0.39 is 0 Å². The molecule has 0 aromatic rings. The molecule has 2 saturated carbocycles. The fourth-order valence-corrected chi connectivity index (χ4v) is 5.74. The third-order valence-electron chi connectivity index (χ3n) is 7.01. The van der Waals surface area contributed by atoms with Crippen molar-refractivity contribution in [2.45, 2.75) is 33.2 Å². The fraction of sp³-hybridized carbons (Fsp3) is 0.895. The number of piperidine rings is 3. The normalized spacial score (nSPS) is 38.8. The van der Waals surface area contributed by atoms with E-state index in [1.807, 2.05) is 16.7 Å². The zero-order valence-corrected chi connectivity index (χ0v) is 15.7. The van der Waals surface area contributed by atoms with Gasteiger partial charge in [0, 0.05) is 51.2 Å². The van der Waals surface area contributed by atoms with Gasteiger partial charge in [-0.05, 0) is 50.9 Å². The van der Waals surface area contributed by atoms with Gasteiger partial charge in [-0.3, -0.25) is 9.69 Å². The van der Waals surface area contributed by atoms with E-state index in [9.17, 15) is 9.59 Å². The first-order valence-corrected chi connectivity index (χ1v) is 10.0. The molecule has 0 aromatic carbocycles. The molecule has 2 bridgehead atoms. The summed E-state index contributed by atoms with van der Waals surface area (Å²) in [6.07, 6.45) is 1.10. The van der Waals surface area contributed by atoms with Crippen LogP contribution in [0.15, 0.2) is 0 Å². The summed E-state index contributed by atoms with van der Waals surface area (Å²) < 4.78 is 5.15. The van der Waals surface area contributed by atoms with Crippen LogP contribution in [0.4, 0.5) is 4.79 Å². The number of carbonyl (C=O) groups excluding carboxylic acids is 2. The fourth-order valence-electron chi connectivity index (χ4n) is 5.74. The Labute approximate surface area is 150 Å². The molecule has 3 saturated heterocycles. The maximum Gasteiger partial charge on any atom is 0.409 e. The Balaban J connectivity index is 1.29. The monoisotopic (exact) mass is 349 g/mol. The smallest absolute Gasteiger partial charge is 0.409 e. The standard InChI is InChI=1S/C19H31N3O3/c1-4-20(5-2)18(23)16-14-10-21(11-15(14)16)17-12-7-13(17)9-22(8-12)19(24)25-6-3/h12-17H,4-11H2,1-3H3/t12?,13?,14-,15+,16?,17?. The summed E-state index contributed by atoms with van der Waals surface area (Å²) in [7, 11) is 0. The van der Waals surface area contributed by atoms with Gasteiger partial charge in [0.1, 0.15) is 0 Å². The molecule has 5 atom stereocenters. The van der Waals surface area contributed by atoms with E-state index in [4.69, 9.17) is 4.74 Å². The molecular formula is C19H31N3O3. The van der Waals surface area contributed by atoms with E-state index in [0.29, 0.717) is 42.2 Å². The predicted octanol–water partition coefficient (Wildman–Crippen LogP) is 1.51. The molecule has 0 aromatic heterocycles. The van der Waals surface area contributed by atoms with E-state index in [-0.39, 0.29) is 12.0 Å². The van der Waals surface area contributed by atoms with Crippen molar-refractivity contribution in [2.75, 3.05) is 45.9 Å². The second-order valence-corrected chi connectivity index (χ2v) is 8.17. The number of nitrogens with zero attached hydrogens (tertiary/aromatic N) is 3. The van der Waals surface area contributed by atoms with E-state index in [1.54, 1.807) is 0 Å². The molecule has 140 valence electrons. The lowest BCUT2D eigenvalue weighted by Crippen LogP contribution is -2.65. The lowest BCUT2D eigenvalue weighted by molar-refractivity contribution is -0.133. The zero-order chi connectivity index (χ0) is 17.7. The van der Waals surface area contributed by atoms with Crippen LogP contribution in [0.5, 0.6) is 0 Å². The molecule has 6 heteroatoms. The first-order valence-electron chi connectivity index (χ1n) is 10.0. The van der Waals surface area contributed by atoms with Gasteiger partial charge >= 0.3 is 6.09 Å².